The second-order valence-corrected chi connectivity index (χ2v) is 5.38. The summed E-state index contributed by atoms with van der Waals surface area (Å²) < 4.78 is 0. The number of hydrogen-bond acceptors (Lipinski definition) is 2. The number of benzene rings is 2. The van der Waals surface area contributed by atoms with Crippen molar-refractivity contribution in [3.63, 3.8) is 0 Å². The largest absolute Gasteiger partial charge is 0.323 e. The van der Waals surface area contributed by atoms with E-state index in [4.69, 9.17) is 4.99 Å². The Kier molecular flexibility index (Phi) is 2.10. The molecule has 2 aromatic carbocycles. The third-order valence-electron chi connectivity index (χ3n) is 4.05. The minimum Gasteiger partial charge on any atom is -0.323 e. The molecule has 2 nitrogen and oxygen atoms in total. The highest BCUT2D eigenvalue weighted by atomic mass is 15.2. The lowest BCUT2D eigenvalue weighted by Crippen LogP contribution is -2.32. The van der Waals surface area contributed by atoms with Gasteiger partial charge in [-0.05, 0) is 25.0 Å². The van der Waals surface area contributed by atoms with E-state index in [2.05, 4.69) is 55.1 Å². The first kappa shape index (κ1) is 10.8. The van der Waals surface area contributed by atoms with E-state index in [9.17, 15) is 0 Å². The van der Waals surface area contributed by atoms with Gasteiger partial charge in [-0.3, -0.25) is 4.99 Å². The van der Waals surface area contributed by atoms with Crippen molar-refractivity contribution in [3.05, 3.63) is 53.1 Å². The number of nitrogens with zero attached hydrogens (tertiary/aromatic N) is 2. The molecule has 19 heavy (non-hydrogen) atoms. The Hall–Kier alpha value is -2.09. The van der Waals surface area contributed by atoms with E-state index in [1.54, 1.807) is 0 Å². The van der Waals surface area contributed by atoms with E-state index in [0.29, 0.717) is 0 Å². The van der Waals surface area contributed by atoms with Crippen molar-refractivity contribution in [2.75, 3.05) is 18.0 Å². The molecule has 0 bridgehead atoms. The maximum absolute atomic E-state index is 4.71. The molecule has 94 valence electrons. The standard InChI is InChI=1S/C17H16N2/c1-11-6-7-14-15(10-11)13-5-3-4-12(2)16(13)19-9-8-18-17(14)19/h3-7,10H,8-9H2,1-2H3. The monoisotopic (exact) mass is 248 g/mol. The summed E-state index contributed by atoms with van der Waals surface area (Å²) in [4.78, 5) is 7.09. The molecule has 2 heterocycles. The van der Waals surface area contributed by atoms with Crippen LogP contribution in [0.3, 0.4) is 0 Å². The van der Waals surface area contributed by atoms with E-state index < -0.39 is 0 Å². The fraction of sp³-hybridized carbons (Fsp3) is 0.235. The SMILES string of the molecule is Cc1ccc2c(c1)-c1cccc(C)c1N1CCN=C21. The first-order chi connectivity index (χ1) is 9.25. The van der Waals surface area contributed by atoms with Crippen LogP contribution in [0.2, 0.25) is 0 Å². The first-order valence-electron chi connectivity index (χ1n) is 6.79. The summed E-state index contributed by atoms with van der Waals surface area (Å²) in [5, 5.41) is 0. The van der Waals surface area contributed by atoms with Crippen molar-refractivity contribution in [3.8, 4) is 11.1 Å². The highest BCUT2D eigenvalue weighted by Gasteiger charge is 2.31. The van der Waals surface area contributed by atoms with Crippen LogP contribution in [0.1, 0.15) is 16.7 Å². The number of rotatable bonds is 0. The molecular formula is C17H16N2. The lowest BCUT2D eigenvalue weighted by Gasteiger charge is -2.31. The van der Waals surface area contributed by atoms with E-state index in [1.165, 1.54) is 33.5 Å². The molecule has 0 fully saturated rings. The smallest absolute Gasteiger partial charge is 0.136 e. The summed E-state index contributed by atoms with van der Waals surface area (Å²) in [5.74, 6) is 1.15. The van der Waals surface area contributed by atoms with Crippen molar-refractivity contribution < 1.29 is 0 Å². The van der Waals surface area contributed by atoms with Gasteiger partial charge in [0, 0.05) is 17.7 Å². The predicted octanol–water partition coefficient (Wildman–Crippen LogP) is 3.55. The summed E-state index contributed by atoms with van der Waals surface area (Å²) in [6, 6.07) is 13.3. The Bertz CT molecular complexity index is 713. The molecular weight excluding hydrogens is 232 g/mol. The van der Waals surface area contributed by atoms with Crippen molar-refractivity contribution in [2.45, 2.75) is 13.8 Å². The summed E-state index contributed by atoms with van der Waals surface area (Å²) in [5.41, 5.74) is 7.94. The average molecular weight is 248 g/mol. The molecule has 2 aliphatic heterocycles. The van der Waals surface area contributed by atoms with Gasteiger partial charge in [0.05, 0.1) is 12.2 Å². The number of anilines is 1. The highest BCUT2D eigenvalue weighted by Crippen LogP contribution is 2.42. The Labute approximate surface area is 113 Å². The average Bonchev–Trinajstić information content (AvgIpc) is 2.88. The van der Waals surface area contributed by atoms with Crippen LogP contribution in [-0.2, 0) is 0 Å². The predicted molar refractivity (Wildman–Crippen MR) is 80.1 cm³/mol. The molecule has 2 aromatic rings. The van der Waals surface area contributed by atoms with Crippen LogP contribution < -0.4 is 4.90 Å². The van der Waals surface area contributed by atoms with Gasteiger partial charge in [-0.25, -0.2) is 0 Å². The Morgan fingerprint density at radius 2 is 1.89 bits per heavy atom. The van der Waals surface area contributed by atoms with E-state index in [0.717, 1.165) is 18.9 Å². The van der Waals surface area contributed by atoms with E-state index in [-0.39, 0.29) is 0 Å². The van der Waals surface area contributed by atoms with Gasteiger partial charge >= 0.3 is 0 Å². The zero-order valence-electron chi connectivity index (χ0n) is 11.3. The zero-order valence-corrected chi connectivity index (χ0v) is 11.3. The molecule has 0 spiro atoms. The maximum Gasteiger partial charge on any atom is 0.136 e. The van der Waals surface area contributed by atoms with Gasteiger partial charge in [-0.1, -0.05) is 42.0 Å². The molecule has 0 amide bonds. The Morgan fingerprint density at radius 3 is 2.79 bits per heavy atom. The third kappa shape index (κ3) is 1.40. The van der Waals surface area contributed by atoms with E-state index >= 15 is 0 Å². The number of para-hydroxylation sites is 1. The lowest BCUT2D eigenvalue weighted by atomic mass is 9.90. The van der Waals surface area contributed by atoms with Gasteiger partial charge in [0.15, 0.2) is 0 Å². The number of aliphatic imine (C=N–C) groups is 1. The highest BCUT2D eigenvalue weighted by molar-refractivity contribution is 6.20. The molecule has 0 aliphatic carbocycles. The van der Waals surface area contributed by atoms with Gasteiger partial charge in [0.2, 0.25) is 0 Å². The quantitative estimate of drug-likeness (QED) is 0.696. The van der Waals surface area contributed by atoms with Gasteiger partial charge < -0.3 is 4.90 Å². The van der Waals surface area contributed by atoms with Crippen LogP contribution >= 0.6 is 0 Å². The Morgan fingerprint density at radius 1 is 1.00 bits per heavy atom. The molecule has 0 radical (unpaired) electrons. The Balaban J connectivity index is 2.11. The summed E-state index contributed by atoms with van der Waals surface area (Å²) in [6.45, 7) is 6.24. The zero-order chi connectivity index (χ0) is 13.0. The molecule has 0 saturated carbocycles. The summed E-state index contributed by atoms with van der Waals surface area (Å²) >= 11 is 0. The minimum atomic E-state index is 0.899. The second kappa shape index (κ2) is 3.70. The van der Waals surface area contributed by atoms with E-state index in [1.807, 2.05) is 0 Å². The molecule has 0 aromatic heterocycles. The molecule has 2 heteroatoms. The maximum atomic E-state index is 4.71. The summed E-state index contributed by atoms with van der Waals surface area (Å²) in [6.07, 6.45) is 0. The number of amidine groups is 1. The fourth-order valence-electron chi connectivity index (χ4n) is 3.21. The fourth-order valence-corrected chi connectivity index (χ4v) is 3.21. The van der Waals surface area contributed by atoms with Crippen molar-refractivity contribution in [2.24, 2.45) is 4.99 Å². The van der Waals surface area contributed by atoms with Gasteiger partial charge in [-0.15, -0.1) is 0 Å². The molecule has 0 N–H and O–H groups in total. The van der Waals surface area contributed by atoms with Crippen molar-refractivity contribution in [1.29, 1.82) is 0 Å². The summed E-state index contributed by atoms with van der Waals surface area (Å²) in [7, 11) is 0. The number of fused-ring (bicyclic) bond motifs is 6. The minimum absolute atomic E-state index is 0.899. The van der Waals surface area contributed by atoms with Crippen LogP contribution in [0.5, 0.6) is 0 Å². The number of hydrogen-bond donors (Lipinski definition) is 0. The molecule has 2 aliphatic rings. The van der Waals surface area contributed by atoms with Gasteiger partial charge in [0.25, 0.3) is 0 Å². The van der Waals surface area contributed by atoms with Crippen molar-refractivity contribution >= 4 is 11.5 Å². The van der Waals surface area contributed by atoms with Crippen LogP contribution in [0.4, 0.5) is 5.69 Å². The van der Waals surface area contributed by atoms with Crippen molar-refractivity contribution in [1.82, 2.24) is 0 Å². The molecule has 0 saturated heterocycles. The normalized spacial score (nSPS) is 15.7. The first-order valence-corrected chi connectivity index (χ1v) is 6.79. The topological polar surface area (TPSA) is 15.6 Å². The molecule has 0 unspecified atom stereocenters. The van der Waals surface area contributed by atoms with Crippen LogP contribution in [0, 0.1) is 13.8 Å². The van der Waals surface area contributed by atoms with Crippen LogP contribution in [0.15, 0.2) is 41.4 Å². The van der Waals surface area contributed by atoms with Crippen LogP contribution in [-0.4, -0.2) is 18.9 Å². The second-order valence-electron chi connectivity index (χ2n) is 5.38. The number of aryl methyl sites for hydroxylation is 2. The van der Waals surface area contributed by atoms with Gasteiger partial charge in [-0.2, -0.15) is 0 Å². The molecule has 0 atom stereocenters. The molecule has 4 rings (SSSR count). The van der Waals surface area contributed by atoms with Gasteiger partial charge in [0.1, 0.15) is 5.84 Å². The third-order valence-corrected chi connectivity index (χ3v) is 4.05. The lowest BCUT2D eigenvalue weighted by molar-refractivity contribution is 1.02. The van der Waals surface area contributed by atoms with Crippen LogP contribution in [0.25, 0.3) is 11.1 Å².